The maximum absolute atomic E-state index is 11.9. The second-order valence-electron chi connectivity index (χ2n) is 4.27. The fourth-order valence-corrected chi connectivity index (χ4v) is 1.58. The maximum atomic E-state index is 11.9. The van der Waals surface area contributed by atoms with Crippen molar-refractivity contribution in [2.24, 2.45) is 0 Å². The van der Waals surface area contributed by atoms with Crippen LogP contribution >= 0.6 is 0 Å². The zero-order valence-corrected chi connectivity index (χ0v) is 10.7. The highest BCUT2D eigenvalue weighted by atomic mass is 16.3. The number of phenolic OH excluding ortho intramolecular Hbond substituents is 1. The lowest BCUT2D eigenvalue weighted by atomic mass is 10.2. The molecule has 0 saturated carbocycles. The summed E-state index contributed by atoms with van der Waals surface area (Å²) in [5, 5.41) is 18.0. The third-order valence-electron chi connectivity index (χ3n) is 2.56. The Bertz CT molecular complexity index is 410. The van der Waals surface area contributed by atoms with E-state index < -0.39 is 0 Å². The number of hydrogen-bond acceptors (Lipinski definition) is 3. The number of benzene rings is 1. The van der Waals surface area contributed by atoms with Crippen LogP contribution in [-0.2, 0) is 4.79 Å². The summed E-state index contributed by atoms with van der Waals surface area (Å²) in [7, 11) is 0. The van der Waals surface area contributed by atoms with Crippen LogP contribution < -0.4 is 0 Å². The van der Waals surface area contributed by atoms with Gasteiger partial charge in [-0.1, -0.05) is 12.1 Å². The zero-order chi connectivity index (χ0) is 13.5. The second-order valence-corrected chi connectivity index (χ2v) is 4.27. The molecule has 0 unspecified atom stereocenters. The molecule has 0 fully saturated rings. The van der Waals surface area contributed by atoms with E-state index in [4.69, 9.17) is 10.2 Å². The fraction of sp³-hybridized carbons (Fsp3) is 0.357. The Labute approximate surface area is 107 Å². The van der Waals surface area contributed by atoms with Crippen molar-refractivity contribution in [3.8, 4) is 5.75 Å². The third kappa shape index (κ3) is 4.22. The maximum Gasteiger partial charge on any atom is 0.246 e. The number of hydrogen-bond donors (Lipinski definition) is 2. The molecule has 98 valence electrons. The predicted octanol–water partition coefficient (Wildman–Crippen LogP) is 1.63. The molecule has 0 spiro atoms. The van der Waals surface area contributed by atoms with Crippen molar-refractivity contribution < 1.29 is 15.0 Å². The van der Waals surface area contributed by atoms with Crippen molar-refractivity contribution in [3.05, 3.63) is 35.9 Å². The van der Waals surface area contributed by atoms with Gasteiger partial charge in [-0.25, -0.2) is 0 Å². The third-order valence-corrected chi connectivity index (χ3v) is 2.56. The Morgan fingerprint density at radius 2 is 1.94 bits per heavy atom. The first-order valence-electron chi connectivity index (χ1n) is 5.93. The van der Waals surface area contributed by atoms with Crippen molar-refractivity contribution >= 4 is 12.0 Å². The van der Waals surface area contributed by atoms with E-state index in [1.165, 1.54) is 6.08 Å². The van der Waals surface area contributed by atoms with E-state index in [1.807, 2.05) is 13.8 Å². The number of rotatable bonds is 5. The lowest BCUT2D eigenvalue weighted by molar-refractivity contribution is -0.128. The molecule has 18 heavy (non-hydrogen) atoms. The number of amides is 1. The molecule has 0 saturated heterocycles. The fourth-order valence-electron chi connectivity index (χ4n) is 1.58. The number of carbonyl (C=O) groups is 1. The van der Waals surface area contributed by atoms with Crippen LogP contribution in [0.2, 0.25) is 0 Å². The molecule has 1 rings (SSSR count). The number of aromatic hydroxyl groups is 1. The van der Waals surface area contributed by atoms with E-state index in [1.54, 1.807) is 35.2 Å². The minimum absolute atomic E-state index is 0.0447. The highest BCUT2D eigenvalue weighted by Crippen LogP contribution is 2.11. The number of carbonyl (C=O) groups excluding carboxylic acids is 1. The highest BCUT2D eigenvalue weighted by Gasteiger charge is 2.12. The summed E-state index contributed by atoms with van der Waals surface area (Å²) in [6.45, 7) is 4.09. The summed E-state index contributed by atoms with van der Waals surface area (Å²) in [6.07, 6.45) is 3.16. The average Bonchev–Trinajstić information content (AvgIpc) is 2.34. The quantitative estimate of drug-likeness (QED) is 0.780. The Hall–Kier alpha value is -1.81. The highest BCUT2D eigenvalue weighted by molar-refractivity contribution is 5.92. The standard InChI is InChI=1S/C14H19NO3/c1-11(2)15(9-10-16)14(18)8-5-12-3-6-13(17)7-4-12/h3-8,11,16-17H,9-10H2,1-2H3/b8-5+. The van der Waals surface area contributed by atoms with Crippen molar-refractivity contribution in [1.29, 1.82) is 0 Å². The van der Waals surface area contributed by atoms with Crippen molar-refractivity contribution in [2.75, 3.05) is 13.2 Å². The smallest absolute Gasteiger partial charge is 0.246 e. The molecule has 4 heteroatoms. The molecule has 0 aliphatic rings. The van der Waals surface area contributed by atoms with Crippen molar-refractivity contribution in [2.45, 2.75) is 19.9 Å². The van der Waals surface area contributed by atoms with Gasteiger partial charge in [0, 0.05) is 18.7 Å². The largest absolute Gasteiger partial charge is 0.508 e. The van der Waals surface area contributed by atoms with Crippen LogP contribution in [-0.4, -0.2) is 40.2 Å². The first kappa shape index (κ1) is 14.3. The van der Waals surface area contributed by atoms with Gasteiger partial charge in [-0.15, -0.1) is 0 Å². The molecule has 0 atom stereocenters. The average molecular weight is 249 g/mol. The number of aliphatic hydroxyl groups excluding tert-OH is 1. The normalized spacial score (nSPS) is 11.1. The van der Waals surface area contributed by atoms with Crippen LogP contribution in [0, 0.1) is 0 Å². The van der Waals surface area contributed by atoms with Gasteiger partial charge in [-0.2, -0.15) is 0 Å². The summed E-state index contributed by atoms with van der Waals surface area (Å²) in [6, 6.07) is 6.64. The van der Waals surface area contributed by atoms with Gasteiger partial charge in [0.25, 0.3) is 0 Å². The van der Waals surface area contributed by atoms with Gasteiger partial charge in [-0.3, -0.25) is 4.79 Å². The van der Waals surface area contributed by atoms with Gasteiger partial charge >= 0.3 is 0 Å². The first-order chi connectivity index (χ1) is 8.54. The van der Waals surface area contributed by atoms with Crippen LogP contribution in [0.15, 0.2) is 30.3 Å². The van der Waals surface area contributed by atoms with Gasteiger partial charge in [-0.05, 0) is 37.6 Å². The molecule has 0 aliphatic heterocycles. The molecule has 1 amide bonds. The molecular weight excluding hydrogens is 230 g/mol. The lowest BCUT2D eigenvalue weighted by Crippen LogP contribution is -2.37. The van der Waals surface area contributed by atoms with E-state index in [-0.39, 0.29) is 24.3 Å². The minimum Gasteiger partial charge on any atom is -0.508 e. The Morgan fingerprint density at radius 1 is 1.33 bits per heavy atom. The summed E-state index contributed by atoms with van der Waals surface area (Å²) in [4.78, 5) is 13.5. The summed E-state index contributed by atoms with van der Waals surface area (Å²) >= 11 is 0. The van der Waals surface area contributed by atoms with Gasteiger partial charge in [0.05, 0.1) is 6.61 Å². The SMILES string of the molecule is CC(C)N(CCO)C(=O)/C=C/c1ccc(O)cc1. The van der Waals surface area contributed by atoms with E-state index in [0.717, 1.165) is 5.56 Å². The predicted molar refractivity (Wildman–Crippen MR) is 71.1 cm³/mol. The molecule has 4 nitrogen and oxygen atoms in total. The second kappa shape index (κ2) is 6.81. The van der Waals surface area contributed by atoms with Gasteiger partial charge in [0.2, 0.25) is 5.91 Å². The number of aliphatic hydroxyl groups is 1. The van der Waals surface area contributed by atoms with Crippen molar-refractivity contribution in [3.63, 3.8) is 0 Å². The monoisotopic (exact) mass is 249 g/mol. The Balaban J connectivity index is 2.70. The molecule has 1 aromatic carbocycles. The van der Waals surface area contributed by atoms with Crippen LogP contribution in [0.3, 0.4) is 0 Å². The topological polar surface area (TPSA) is 60.8 Å². The van der Waals surface area contributed by atoms with E-state index in [0.29, 0.717) is 6.54 Å². The van der Waals surface area contributed by atoms with Crippen LogP contribution in [0.25, 0.3) is 6.08 Å². The zero-order valence-electron chi connectivity index (χ0n) is 10.7. The van der Waals surface area contributed by atoms with Crippen LogP contribution in [0.1, 0.15) is 19.4 Å². The van der Waals surface area contributed by atoms with Gasteiger partial charge in [0.1, 0.15) is 5.75 Å². The number of nitrogens with zero attached hydrogens (tertiary/aromatic N) is 1. The molecule has 2 N–H and O–H groups in total. The van der Waals surface area contributed by atoms with E-state index in [9.17, 15) is 4.79 Å². The Kier molecular flexibility index (Phi) is 5.39. The molecule has 0 radical (unpaired) electrons. The lowest BCUT2D eigenvalue weighted by Gasteiger charge is -2.24. The summed E-state index contributed by atoms with van der Waals surface area (Å²) in [5.41, 5.74) is 0.842. The van der Waals surface area contributed by atoms with Crippen LogP contribution in [0.5, 0.6) is 5.75 Å². The molecule has 0 aromatic heterocycles. The van der Waals surface area contributed by atoms with Crippen LogP contribution in [0.4, 0.5) is 0 Å². The first-order valence-corrected chi connectivity index (χ1v) is 5.93. The van der Waals surface area contributed by atoms with Gasteiger partial charge in [0.15, 0.2) is 0 Å². The molecule has 0 aliphatic carbocycles. The molecule has 0 bridgehead atoms. The molecule has 1 aromatic rings. The van der Waals surface area contributed by atoms with Gasteiger partial charge < -0.3 is 15.1 Å². The summed E-state index contributed by atoms with van der Waals surface area (Å²) in [5.74, 6) is 0.0645. The summed E-state index contributed by atoms with van der Waals surface area (Å²) < 4.78 is 0. The minimum atomic E-state index is -0.132. The van der Waals surface area contributed by atoms with E-state index in [2.05, 4.69) is 0 Å². The van der Waals surface area contributed by atoms with E-state index >= 15 is 0 Å². The Morgan fingerprint density at radius 3 is 2.44 bits per heavy atom. The van der Waals surface area contributed by atoms with Crippen molar-refractivity contribution in [1.82, 2.24) is 4.90 Å². The molecule has 0 heterocycles. The molecular formula is C14H19NO3. The number of phenols is 1.